The van der Waals surface area contributed by atoms with Crippen LogP contribution in [-0.2, 0) is 0 Å². The van der Waals surface area contributed by atoms with Crippen LogP contribution in [0, 0.1) is 5.41 Å². The lowest BCUT2D eigenvalue weighted by molar-refractivity contribution is 0.993. The quantitative estimate of drug-likeness (QED) is 0.169. The average Bonchev–Trinajstić information content (AvgIpc) is 4.11. The first kappa shape index (κ1) is 36.4. The zero-order valence-electron chi connectivity index (χ0n) is 35.5. The van der Waals surface area contributed by atoms with E-state index in [0.29, 0.717) is 5.82 Å². The molecule has 308 valence electrons. The third-order valence-corrected chi connectivity index (χ3v) is 13.5. The van der Waals surface area contributed by atoms with E-state index in [1.54, 1.807) is 0 Å². The number of rotatable bonds is 6. The fraction of sp³-hybridized carbons (Fsp3) is 0. The molecular formula is C59H37N7. The number of hydrogen-bond donors (Lipinski definition) is 1. The van der Waals surface area contributed by atoms with Gasteiger partial charge < -0.3 is 14.5 Å². The molecule has 7 nitrogen and oxygen atoms in total. The summed E-state index contributed by atoms with van der Waals surface area (Å²) in [6.45, 7) is 0. The van der Waals surface area contributed by atoms with Gasteiger partial charge in [0.15, 0.2) is 5.82 Å². The molecule has 0 fully saturated rings. The van der Waals surface area contributed by atoms with Crippen LogP contribution in [-0.4, -0.2) is 34.5 Å². The highest BCUT2D eigenvalue weighted by Gasteiger charge is 2.22. The van der Waals surface area contributed by atoms with E-state index in [4.69, 9.17) is 15.4 Å². The molecule has 9 aromatic carbocycles. The van der Waals surface area contributed by atoms with E-state index in [1.807, 2.05) is 24.3 Å². The molecule has 66 heavy (non-hydrogen) atoms. The number of para-hydroxylation sites is 6. The SMILES string of the molecule is N=Cc1ccc(-c2nc(-n3c4ccccc4c4cc(-n5c6ccccc6c6ccccc65)ccc43)cc(-n3c4ccccc4c4cc(-n5c6ccccc6c6ccccc65)ccc43)n2)cc1. The van der Waals surface area contributed by atoms with Crippen LogP contribution in [0.1, 0.15) is 5.56 Å². The van der Waals surface area contributed by atoms with E-state index in [9.17, 15) is 0 Å². The Morgan fingerprint density at radius 3 is 0.985 bits per heavy atom. The van der Waals surface area contributed by atoms with Crippen LogP contribution in [0.25, 0.3) is 122 Å². The lowest BCUT2D eigenvalue weighted by Gasteiger charge is -2.14. The highest BCUT2D eigenvalue weighted by atomic mass is 15.1. The van der Waals surface area contributed by atoms with Crippen molar-refractivity contribution < 1.29 is 0 Å². The number of fused-ring (bicyclic) bond motifs is 12. The van der Waals surface area contributed by atoms with E-state index >= 15 is 0 Å². The largest absolute Gasteiger partial charge is 0.309 e. The molecule has 0 radical (unpaired) electrons. The third kappa shape index (κ3) is 5.22. The van der Waals surface area contributed by atoms with Gasteiger partial charge in [0.2, 0.25) is 0 Å². The van der Waals surface area contributed by atoms with Crippen LogP contribution < -0.4 is 0 Å². The molecule has 1 N–H and O–H groups in total. The molecular weight excluding hydrogens is 807 g/mol. The number of benzene rings is 9. The van der Waals surface area contributed by atoms with Gasteiger partial charge in [-0.1, -0.05) is 133 Å². The van der Waals surface area contributed by atoms with Gasteiger partial charge in [0, 0.05) is 72.3 Å². The minimum atomic E-state index is 0.597. The summed E-state index contributed by atoms with van der Waals surface area (Å²) < 4.78 is 9.33. The maximum atomic E-state index is 7.90. The normalized spacial score (nSPS) is 12.0. The standard InChI is InChI=1S/C59H37N7/c60-36-37-25-27-38(28-26-37)59-61-57(65-53-23-11-5-17-45(53)47-33-39(29-31-55(47)65)63-49-19-7-1-13-41(49)42-14-2-8-20-50(42)63)35-58(62-59)66-54-24-12-6-18-46(54)48-34-40(30-32-56(48)66)64-51-21-9-3-15-43(51)44-16-4-10-22-52(44)64/h1-36,60H. The number of nitrogens with zero attached hydrogens (tertiary/aromatic N) is 6. The lowest BCUT2D eigenvalue weighted by Crippen LogP contribution is -2.06. The minimum Gasteiger partial charge on any atom is -0.309 e. The second-order valence-electron chi connectivity index (χ2n) is 17.0. The van der Waals surface area contributed by atoms with Gasteiger partial charge in [-0.3, -0.25) is 9.13 Å². The zero-order chi connectivity index (χ0) is 43.5. The Balaban J connectivity index is 1.02. The molecule has 5 heterocycles. The van der Waals surface area contributed by atoms with Crippen LogP contribution in [0.2, 0.25) is 0 Å². The maximum Gasteiger partial charge on any atom is 0.163 e. The zero-order valence-corrected chi connectivity index (χ0v) is 35.5. The molecule has 14 aromatic rings. The molecule has 0 bridgehead atoms. The van der Waals surface area contributed by atoms with Gasteiger partial charge in [0.1, 0.15) is 11.6 Å². The molecule has 0 aliphatic rings. The fourth-order valence-electron chi connectivity index (χ4n) is 10.6. The van der Waals surface area contributed by atoms with Gasteiger partial charge in [-0.25, -0.2) is 9.97 Å². The second kappa shape index (κ2) is 14.0. The molecule has 5 aromatic heterocycles. The Morgan fingerprint density at radius 1 is 0.303 bits per heavy atom. The van der Waals surface area contributed by atoms with Gasteiger partial charge in [-0.05, 0) is 78.4 Å². The second-order valence-corrected chi connectivity index (χ2v) is 17.0. The van der Waals surface area contributed by atoms with Gasteiger partial charge in [-0.2, -0.15) is 0 Å². The van der Waals surface area contributed by atoms with Crippen molar-refractivity contribution in [1.82, 2.24) is 28.2 Å². The molecule has 0 saturated heterocycles. The first-order valence-electron chi connectivity index (χ1n) is 22.2. The lowest BCUT2D eigenvalue weighted by atomic mass is 10.1. The van der Waals surface area contributed by atoms with E-state index in [-0.39, 0.29) is 0 Å². The average molecular weight is 844 g/mol. The summed E-state index contributed by atoms with van der Waals surface area (Å²) in [5.41, 5.74) is 12.8. The van der Waals surface area contributed by atoms with Crippen molar-refractivity contribution >= 4 is 93.4 Å². The molecule has 0 aliphatic carbocycles. The maximum absolute atomic E-state index is 7.90. The van der Waals surface area contributed by atoms with Crippen LogP contribution in [0.15, 0.2) is 212 Å². The summed E-state index contributed by atoms with van der Waals surface area (Å²) in [4.78, 5) is 10.8. The van der Waals surface area contributed by atoms with Gasteiger partial charge in [-0.15, -0.1) is 0 Å². The molecule has 0 amide bonds. The Hall–Kier alpha value is -9.07. The van der Waals surface area contributed by atoms with Crippen molar-refractivity contribution in [2.45, 2.75) is 0 Å². The molecule has 0 spiro atoms. The van der Waals surface area contributed by atoms with Crippen LogP contribution in [0.4, 0.5) is 0 Å². The van der Waals surface area contributed by atoms with Crippen molar-refractivity contribution in [1.29, 1.82) is 5.41 Å². The Morgan fingerprint density at radius 2 is 0.621 bits per heavy atom. The summed E-state index contributed by atoms with van der Waals surface area (Å²) in [6, 6.07) is 75.5. The predicted molar refractivity (Wildman–Crippen MR) is 273 cm³/mol. The topological polar surface area (TPSA) is 69.3 Å². The first-order valence-corrected chi connectivity index (χ1v) is 22.2. The predicted octanol–water partition coefficient (Wildman–Crippen LogP) is 14.5. The summed E-state index contributed by atoms with van der Waals surface area (Å²) in [6.07, 6.45) is 1.36. The van der Waals surface area contributed by atoms with E-state index in [2.05, 4.69) is 206 Å². The Bertz CT molecular complexity index is 3960. The number of aromatic nitrogens is 6. The molecule has 0 atom stereocenters. The van der Waals surface area contributed by atoms with Crippen LogP contribution in [0.3, 0.4) is 0 Å². The first-order chi connectivity index (χ1) is 32.7. The fourth-order valence-corrected chi connectivity index (χ4v) is 10.6. The third-order valence-electron chi connectivity index (χ3n) is 13.5. The summed E-state index contributed by atoms with van der Waals surface area (Å²) in [7, 11) is 0. The highest BCUT2D eigenvalue weighted by Crippen LogP contribution is 2.40. The molecule has 0 unspecified atom stereocenters. The molecule has 0 saturated carbocycles. The molecule has 0 aliphatic heterocycles. The molecule has 7 heteroatoms. The van der Waals surface area contributed by atoms with Crippen LogP contribution in [0.5, 0.6) is 0 Å². The van der Waals surface area contributed by atoms with Crippen molar-refractivity contribution in [3.8, 4) is 34.4 Å². The summed E-state index contributed by atoms with van der Waals surface area (Å²) >= 11 is 0. The van der Waals surface area contributed by atoms with Crippen molar-refractivity contribution in [2.24, 2.45) is 0 Å². The Labute approximate surface area is 377 Å². The van der Waals surface area contributed by atoms with E-state index in [1.165, 1.54) is 49.8 Å². The number of nitrogens with one attached hydrogen (secondary N) is 1. The monoisotopic (exact) mass is 843 g/mol. The number of hydrogen-bond acceptors (Lipinski definition) is 3. The summed E-state index contributed by atoms with van der Waals surface area (Å²) in [5, 5.41) is 17.4. The van der Waals surface area contributed by atoms with E-state index in [0.717, 1.165) is 77.7 Å². The van der Waals surface area contributed by atoms with Crippen molar-refractivity contribution in [3.05, 3.63) is 218 Å². The van der Waals surface area contributed by atoms with Gasteiger partial charge >= 0.3 is 0 Å². The molecule has 14 rings (SSSR count). The van der Waals surface area contributed by atoms with Crippen molar-refractivity contribution in [3.63, 3.8) is 0 Å². The van der Waals surface area contributed by atoms with E-state index < -0.39 is 0 Å². The minimum absolute atomic E-state index is 0.597. The van der Waals surface area contributed by atoms with Crippen LogP contribution >= 0.6 is 0 Å². The smallest absolute Gasteiger partial charge is 0.163 e. The van der Waals surface area contributed by atoms with Gasteiger partial charge in [0.05, 0.1) is 44.1 Å². The summed E-state index contributed by atoms with van der Waals surface area (Å²) in [5.74, 6) is 2.12. The van der Waals surface area contributed by atoms with Gasteiger partial charge in [0.25, 0.3) is 0 Å². The Kier molecular flexibility index (Phi) is 7.71. The highest BCUT2D eigenvalue weighted by molar-refractivity contribution is 6.14. The van der Waals surface area contributed by atoms with Crippen molar-refractivity contribution in [2.75, 3.05) is 0 Å².